The fourth-order valence-corrected chi connectivity index (χ4v) is 3.30. The predicted octanol–water partition coefficient (Wildman–Crippen LogP) is 1.26. The largest absolute Gasteiger partial charge is 0.374 e. The zero-order valence-electron chi connectivity index (χ0n) is 13.3. The number of likely N-dealkylation sites (N-methyl/N-ethyl adjacent to an activating group) is 1. The van der Waals surface area contributed by atoms with Crippen LogP contribution in [0.15, 0.2) is 30.0 Å². The van der Waals surface area contributed by atoms with Gasteiger partial charge in [-0.1, -0.05) is 0 Å². The highest BCUT2D eigenvalue weighted by molar-refractivity contribution is 7.13. The van der Waals surface area contributed by atoms with Crippen LogP contribution in [0.3, 0.4) is 0 Å². The second-order valence-corrected chi connectivity index (χ2v) is 6.55. The van der Waals surface area contributed by atoms with Crippen LogP contribution in [0.1, 0.15) is 13.0 Å². The minimum absolute atomic E-state index is 0.00794. The molecule has 0 aliphatic carbocycles. The molecule has 0 spiro atoms. The molecule has 2 atom stereocenters. The summed E-state index contributed by atoms with van der Waals surface area (Å²) in [5.41, 5.74) is 0. The van der Waals surface area contributed by atoms with E-state index in [1.165, 1.54) is 11.3 Å². The molecule has 0 radical (unpaired) electrons. The van der Waals surface area contributed by atoms with Crippen molar-refractivity contribution < 1.29 is 9.53 Å². The first-order valence-corrected chi connectivity index (χ1v) is 8.53. The molecule has 3 heterocycles. The van der Waals surface area contributed by atoms with E-state index >= 15 is 0 Å². The van der Waals surface area contributed by atoms with Gasteiger partial charge in [0.25, 0.3) is 5.91 Å². The fraction of sp³-hybridized carbons (Fsp3) is 0.533. The van der Waals surface area contributed by atoms with Crippen LogP contribution in [0.2, 0.25) is 0 Å². The van der Waals surface area contributed by atoms with Crippen molar-refractivity contribution in [2.45, 2.75) is 19.1 Å². The summed E-state index contributed by atoms with van der Waals surface area (Å²) in [5, 5.41) is 6.75. The number of rotatable bonds is 5. The number of morpholine rings is 1. The van der Waals surface area contributed by atoms with Crippen LogP contribution >= 0.6 is 11.3 Å². The maximum atomic E-state index is 13.0. The molecule has 1 saturated heterocycles. The third-order valence-electron chi connectivity index (χ3n) is 3.92. The second-order valence-electron chi connectivity index (χ2n) is 5.68. The molecule has 7 nitrogen and oxygen atoms in total. The van der Waals surface area contributed by atoms with E-state index in [1.807, 2.05) is 18.4 Å². The normalized spacial score (nSPS) is 20.3. The maximum Gasteiger partial charge on any atom is 0.253 e. The molecule has 1 aliphatic rings. The molecule has 124 valence electrons. The summed E-state index contributed by atoms with van der Waals surface area (Å²) >= 11 is 1.46. The van der Waals surface area contributed by atoms with Gasteiger partial charge in [0.15, 0.2) is 5.13 Å². The van der Waals surface area contributed by atoms with E-state index in [-0.39, 0.29) is 18.1 Å². The van der Waals surface area contributed by atoms with E-state index in [4.69, 9.17) is 4.74 Å². The van der Waals surface area contributed by atoms with Crippen molar-refractivity contribution >= 4 is 22.4 Å². The number of carbonyl (C=O) groups is 1. The molecule has 0 N–H and O–H groups in total. The average molecular weight is 335 g/mol. The van der Waals surface area contributed by atoms with Crippen LogP contribution < -0.4 is 4.90 Å². The number of hydrogen-bond donors (Lipinski definition) is 0. The van der Waals surface area contributed by atoms with Gasteiger partial charge in [-0.25, -0.2) is 4.98 Å². The van der Waals surface area contributed by atoms with Gasteiger partial charge in [-0.3, -0.25) is 14.4 Å². The highest BCUT2D eigenvalue weighted by atomic mass is 32.1. The summed E-state index contributed by atoms with van der Waals surface area (Å²) in [6, 6.07) is 1.44. The Labute approximate surface area is 139 Å². The number of hydrogen-bond acceptors (Lipinski definition) is 6. The standard InChI is InChI=1S/C15H21N5O2S/c1-12(20-6-3-4-17-20)14(21)19(15-16-5-9-23-15)11-13-10-18(2)7-8-22-13/h3-6,9,12-13H,7-8,10-11H2,1-2H3/t12-,13+/m1/s1. The number of amides is 1. The molecule has 2 aromatic rings. The summed E-state index contributed by atoms with van der Waals surface area (Å²) in [6.07, 6.45) is 5.18. The molecule has 0 unspecified atom stereocenters. The summed E-state index contributed by atoms with van der Waals surface area (Å²) in [4.78, 5) is 21.2. The lowest BCUT2D eigenvalue weighted by atomic mass is 10.2. The van der Waals surface area contributed by atoms with Gasteiger partial charge in [-0.05, 0) is 20.0 Å². The van der Waals surface area contributed by atoms with Crippen molar-refractivity contribution in [2.24, 2.45) is 0 Å². The van der Waals surface area contributed by atoms with Gasteiger partial charge in [-0.2, -0.15) is 5.10 Å². The van der Waals surface area contributed by atoms with E-state index in [2.05, 4.69) is 22.0 Å². The Kier molecular flexibility index (Phi) is 5.04. The molecule has 23 heavy (non-hydrogen) atoms. The minimum atomic E-state index is -0.379. The zero-order chi connectivity index (χ0) is 16.2. The molecular weight excluding hydrogens is 314 g/mol. The van der Waals surface area contributed by atoms with E-state index < -0.39 is 0 Å². The topological polar surface area (TPSA) is 63.5 Å². The lowest BCUT2D eigenvalue weighted by Crippen LogP contribution is -2.48. The summed E-state index contributed by atoms with van der Waals surface area (Å²) < 4.78 is 7.48. The molecule has 0 saturated carbocycles. The van der Waals surface area contributed by atoms with Crippen molar-refractivity contribution in [3.8, 4) is 0 Å². The number of thiazole rings is 1. The smallest absolute Gasteiger partial charge is 0.253 e. The lowest BCUT2D eigenvalue weighted by Gasteiger charge is -2.33. The van der Waals surface area contributed by atoms with Gasteiger partial charge in [0.05, 0.1) is 19.3 Å². The Balaban J connectivity index is 1.77. The highest BCUT2D eigenvalue weighted by Crippen LogP contribution is 2.22. The predicted molar refractivity (Wildman–Crippen MR) is 88.6 cm³/mol. The number of nitrogens with zero attached hydrogens (tertiary/aromatic N) is 5. The van der Waals surface area contributed by atoms with Gasteiger partial charge < -0.3 is 9.64 Å². The van der Waals surface area contributed by atoms with Crippen LogP contribution in [-0.2, 0) is 9.53 Å². The molecule has 8 heteroatoms. The van der Waals surface area contributed by atoms with E-state index in [0.29, 0.717) is 18.3 Å². The minimum Gasteiger partial charge on any atom is -0.374 e. The molecule has 1 fully saturated rings. The van der Waals surface area contributed by atoms with Crippen LogP contribution in [0.4, 0.5) is 5.13 Å². The Morgan fingerprint density at radius 3 is 3.09 bits per heavy atom. The summed E-state index contributed by atoms with van der Waals surface area (Å²) in [5.74, 6) is -0.0273. The second kappa shape index (κ2) is 7.20. The van der Waals surface area contributed by atoms with E-state index in [9.17, 15) is 4.79 Å². The number of anilines is 1. The molecule has 1 aliphatic heterocycles. The third-order valence-corrected chi connectivity index (χ3v) is 4.72. The Morgan fingerprint density at radius 2 is 2.43 bits per heavy atom. The SMILES string of the molecule is C[C@H](C(=O)N(C[C@@H]1CN(C)CCO1)c1nccs1)n1cccn1. The Morgan fingerprint density at radius 1 is 1.57 bits per heavy atom. The lowest BCUT2D eigenvalue weighted by molar-refractivity contribution is -0.122. The van der Waals surface area contributed by atoms with Gasteiger partial charge in [0.1, 0.15) is 6.04 Å². The van der Waals surface area contributed by atoms with Crippen molar-refractivity contribution in [3.05, 3.63) is 30.0 Å². The number of aromatic nitrogens is 3. The van der Waals surface area contributed by atoms with Crippen LogP contribution in [0.25, 0.3) is 0 Å². The van der Waals surface area contributed by atoms with Gasteiger partial charge in [0, 0.05) is 37.1 Å². The van der Waals surface area contributed by atoms with Gasteiger partial charge in [-0.15, -0.1) is 11.3 Å². The van der Waals surface area contributed by atoms with Crippen LogP contribution in [0, 0.1) is 0 Å². The number of carbonyl (C=O) groups excluding carboxylic acids is 1. The maximum absolute atomic E-state index is 13.0. The Hall–Kier alpha value is -1.77. The molecule has 1 amide bonds. The zero-order valence-corrected chi connectivity index (χ0v) is 14.1. The number of ether oxygens (including phenoxy) is 1. The molecule has 2 aromatic heterocycles. The van der Waals surface area contributed by atoms with Gasteiger partial charge in [0.2, 0.25) is 0 Å². The van der Waals surface area contributed by atoms with Crippen molar-refractivity contribution in [3.63, 3.8) is 0 Å². The third kappa shape index (κ3) is 3.77. The Bertz CT molecular complexity index is 616. The van der Waals surface area contributed by atoms with Crippen molar-refractivity contribution in [1.29, 1.82) is 0 Å². The first kappa shape index (κ1) is 16.1. The fourth-order valence-electron chi connectivity index (χ4n) is 2.64. The molecule has 0 aromatic carbocycles. The summed E-state index contributed by atoms with van der Waals surface area (Å²) in [6.45, 7) is 4.78. The van der Waals surface area contributed by atoms with Crippen LogP contribution in [0.5, 0.6) is 0 Å². The van der Waals surface area contributed by atoms with Crippen molar-refractivity contribution in [2.75, 3.05) is 38.2 Å². The van der Waals surface area contributed by atoms with Gasteiger partial charge >= 0.3 is 0 Å². The monoisotopic (exact) mass is 335 g/mol. The quantitative estimate of drug-likeness (QED) is 0.823. The van der Waals surface area contributed by atoms with E-state index in [1.54, 1.807) is 28.2 Å². The van der Waals surface area contributed by atoms with E-state index in [0.717, 1.165) is 13.1 Å². The molecule has 0 bridgehead atoms. The first-order chi connectivity index (χ1) is 11.1. The highest BCUT2D eigenvalue weighted by Gasteiger charge is 2.29. The van der Waals surface area contributed by atoms with Crippen LogP contribution in [-0.4, -0.2) is 65.0 Å². The first-order valence-electron chi connectivity index (χ1n) is 7.65. The van der Waals surface area contributed by atoms with Crippen molar-refractivity contribution in [1.82, 2.24) is 19.7 Å². The molecular formula is C15H21N5O2S. The summed E-state index contributed by atoms with van der Waals surface area (Å²) in [7, 11) is 2.07. The average Bonchev–Trinajstić information content (AvgIpc) is 3.24. The molecule has 3 rings (SSSR count).